The molecule has 2 unspecified atom stereocenters. The predicted molar refractivity (Wildman–Crippen MR) is 51.0 cm³/mol. The average Bonchev–Trinajstić information content (AvgIpc) is 1.99. The van der Waals surface area contributed by atoms with Crippen molar-refractivity contribution in [3.63, 3.8) is 0 Å². The lowest BCUT2D eigenvalue weighted by Crippen LogP contribution is -2.40. The Bertz CT molecular complexity index is 271. The smallest absolute Gasteiger partial charge is 0.237 e. The van der Waals surface area contributed by atoms with Crippen molar-refractivity contribution >= 4 is 15.7 Å². The Morgan fingerprint density at radius 2 is 1.92 bits per heavy atom. The van der Waals surface area contributed by atoms with E-state index in [9.17, 15) is 13.2 Å². The number of sulfone groups is 1. The van der Waals surface area contributed by atoms with Crippen molar-refractivity contribution in [3.8, 4) is 0 Å². The molecule has 1 amide bonds. The van der Waals surface area contributed by atoms with Gasteiger partial charge in [0, 0.05) is 13.1 Å². The van der Waals surface area contributed by atoms with E-state index in [0.29, 0.717) is 0 Å². The Labute approximate surface area is 78.6 Å². The second-order valence-electron chi connectivity index (χ2n) is 3.06. The van der Waals surface area contributed by atoms with Crippen molar-refractivity contribution in [1.29, 1.82) is 0 Å². The van der Waals surface area contributed by atoms with Crippen LogP contribution in [0.25, 0.3) is 0 Å². The number of nitrogens with two attached hydrogens (primary N) is 1. The lowest BCUT2D eigenvalue weighted by Gasteiger charge is -2.12. The van der Waals surface area contributed by atoms with Gasteiger partial charge in [-0.15, -0.1) is 0 Å². The Morgan fingerprint density at radius 3 is 2.23 bits per heavy atom. The van der Waals surface area contributed by atoms with Crippen molar-refractivity contribution in [2.45, 2.75) is 25.1 Å². The number of carbonyl (C=O) groups is 1. The van der Waals surface area contributed by atoms with Gasteiger partial charge in [-0.05, 0) is 13.8 Å². The molecule has 0 heterocycles. The zero-order valence-corrected chi connectivity index (χ0v) is 8.89. The van der Waals surface area contributed by atoms with E-state index in [4.69, 9.17) is 5.73 Å². The largest absolute Gasteiger partial charge is 0.358 e. The highest BCUT2D eigenvalue weighted by molar-refractivity contribution is 7.92. The van der Waals surface area contributed by atoms with Gasteiger partial charge in [0.2, 0.25) is 5.91 Å². The van der Waals surface area contributed by atoms with Gasteiger partial charge in [-0.1, -0.05) is 0 Å². The van der Waals surface area contributed by atoms with Gasteiger partial charge < -0.3 is 11.1 Å². The SMILES string of the molecule is CNC(=O)C(C)S(=O)(=O)CC(C)N. The van der Waals surface area contributed by atoms with E-state index >= 15 is 0 Å². The summed E-state index contributed by atoms with van der Waals surface area (Å²) in [4.78, 5) is 11.0. The lowest BCUT2D eigenvalue weighted by molar-refractivity contribution is -0.119. The number of hydrogen-bond donors (Lipinski definition) is 2. The zero-order chi connectivity index (χ0) is 10.6. The summed E-state index contributed by atoms with van der Waals surface area (Å²) in [5.74, 6) is -0.664. The molecule has 0 aliphatic carbocycles. The standard InChI is InChI=1S/C7H16N2O3S/c1-5(8)4-13(11,12)6(2)7(10)9-3/h5-6H,4,8H2,1-3H3,(H,9,10). The van der Waals surface area contributed by atoms with E-state index in [1.807, 2.05) is 0 Å². The minimum absolute atomic E-state index is 0.165. The molecule has 0 fully saturated rings. The van der Waals surface area contributed by atoms with Crippen LogP contribution in [-0.4, -0.2) is 38.4 Å². The van der Waals surface area contributed by atoms with E-state index in [1.165, 1.54) is 14.0 Å². The molecule has 13 heavy (non-hydrogen) atoms. The number of hydrogen-bond acceptors (Lipinski definition) is 4. The fraction of sp³-hybridized carbons (Fsp3) is 0.857. The van der Waals surface area contributed by atoms with E-state index in [-0.39, 0.29) is 5.75 Å². The minimum atomic E-state index is -3.41. The second kappa shape index (κ2) is 4.57. The lowest BCUT2D eigenvalue weighted by atomic mass is 10.4. The molecule has 0 aliphatic heterocycles. The zero-order valence-electron chi connectivity index (χ0n) is 8.07. The molecular formula is C7H16N2O3S. The maximum Gasteiger partial charge on any atom is 0.237 e. The van der Waals surface area contributed by atoms with Gasteiger partial charge in [-0.2, -0.15) is 0 Å². The highest BCUT2D eigenvalue weighted by Gasteiger charge is 2.27. The van der Waals surface area contributed by atoms with Crippen molar-refractivity contribution in [2.24, 2.45) is 5.73 Å². The highest BCUT2D eigenvalue weighted by Crippen LogP contribution is 2.03. The fourth-order valence-electron chi connectivity index (χ4n) is 0.877. The topological polar surface area (TPSA) is 89.3 Å². The van der Waals surface area contributed by atoms with Crippen molar-refractivity contribution in [1.82, 2.24) is 5.32 Å². The number of rotatable bonds is 4. The molecule has 0 aromatic heterocycles. The van der Waals surface area contributed by atoms with Crippen LogP contribution in [0, 0.1) is 0 Å². The van der Waals surface area contributed by atoms with Gasteiger partial charge in [0.1, 0.15) is 5.25 Å². The Morgan fingerprint density at radius 1 is 1.46 bits per heavy atom. The molecule has 0 saturated carbocycles. The second-order valence-corrected chi connectivity index (χ2v) is 5.43. The maximum absolute atomic E-state index is 11.4. The van der Waals surface area contributed by atoms with Gasteiger partial charge in [0.25, 0.3) is 0 Å². The van der Waals surface area contributed by atoms with Gasteiger partial charge in [-0.3, -0.25) is 4.79 Å². The van der Waals surface area contributed by atoms with Crippen LogP contribution in [0.3, 0.4) is 0 Å². The summed E-state index contributed by atoms with van der Waals surface area (Å²) < 4.78 is 22.8. The Kier molecular flexibility index (Phi) is 4.35. The van der Waals surface area contributed by atoms with Gasteiger partial charge >= 0.3 is 0 Å². The number of amides is 1. The van der Waals surface area contributed by atoms with Gasteiger partial charge in [0.05, 0.1) is 5.75 Å². The summed E-state index contributed by atoms with van der Waals surface area (Å²) in [5.41, 5.74) is 5.35. The van der Waals surface area contributed by atoms with Gasteiger partial charge in [-0.25, -0.2) is 8.42 Å². The van der Waals surface area contributed by atoms with E-state index < -0.39 is 27.0 Å². The molecule has 5 nitrogen and oxygen atoms in total. The molecule has 0 aromatic rings. The fourth-order valence-corrected chi connectivity index (χ4v) is 2.34. The molecule has 0 aliphatic rings. The first-order valence-electron chi connectivity index (χ1n) is 4.00. The molecule has 78 valence electrons. The van der Waals surface area contributed by atoms with Crippen LogP contribution in [-0.2, 0) is 14.6 Å². The number of nitrogens with one attached hydrogen (secondary N) is 1. The molecule has 3 N–H and O–H groups in total. The molecule has 2 atom stereocenters. The maximum atomic E-state index is 11.4. The third kappa shape index (κ3) is 3.73. The summed E-state index contributed by atoms with van der Waals surface area (Å²) >= 11 is 0. The van der Waals surface area contributed by atoms with E-state index in [1.54, 1.807) is 6.92 Å². The predicted octanol–water partition coefficient (Wildman–Crippen LogP) is -1.12. The van der Waals surface area contributed by atoms with E-state index in [2.05, 4.69) is 5.32 Å². The van der Waals surface area contributed by atoms with E-state index in [0.717, 1.165) is 0 Å². The summed E-state index contributed by atoms with van der Waals surface area (Å²) in [6, 6.07) is -0.447. The first-order valence-corrected chi connectivity index (χ1v) is 5.71. The van der Waals surface area contributed by atoms with Crippen molar-refractivity contribution in [2.75, 3.05) is 12.8 Å². The molecule has 0 saturated heterocycles. The summed E-state index contributed by atoms with van der Waals surface area (Å²) in [6.07, 6.45) is 0. The molecule has 0 spiro atoms. The molecule has 0 bridgehead atoms. The summed E-state index contributed by atoms with van der Waals surface area (Å²) in [5, 5.41) is 1.26. The number of carbonyl (C=O) groups excluding carboxylic acids is 1. The van der Waals surface area contributed by atoms with Crippen LogP contribution in [0.2, 0.25) is 0 Å². The first kappa shape index (κ1) is 12.4. The Hall–Kier alpha value is -0.620. The Balaban J connectivity index is 4.55. The third-order valence-electron chi connectivity index (χ3n) is 1.65. The van der Waals surface area contributed by atoms with Crippen molar-refractivity contribution < 1.29 is 13.2 Å². The molecule has 0 rings (SSSR count). The average molecular weight is 208 g/mol. The quantitative estimate of drug-likeness (QED) is 0.612. The van der Waals surface area contributed by atoms with Crippen LogP contribution >= 0.6 is 0 Å². The molecule has 0 radical (unpaired) electrons. The van der Waals surface area contributed by atoms with Crippen molar-refractivity contribution in [3.05, 3.63) is 0 Å². The normalized spacial score (nSPS) is 16.3. The molecular weight excluding hydrogens is 192 g/mol. The summed E-state index contributed by atoms with van der Waals surface area (Å²) in [7, 11) is -2.00. The van der Waals surface area contributed by atoms with Crippen LogP contribution in [0.4, 0.5) is 0 Å². The highest BCUT2D eigenvalue weighted by atomic mass is 32.2. The minimum Gasteiger partial charge on any atom is -0.358 e. The monoisotopic (exact) mass is 208 g/mol. The van der Waals surface area contributed by atoms with Crippen LogP contribution in [0.15, 0.2) is 0 Å². The first-order chi connectivity index (χ1) is 5.81. The molecule has 0 aromatic carbocycles. The third-order valence-corrected chi connectivity index (χ3v) is 3.93. The van der Waals surface area contributed by atoms with Gasteiger partial charge in [0.15, 0.2) is 9.84 Å². The summed E-state index contributed by atoms with van der Waals surface area (Å²) in [6.45, 7) is 2.95. The molecule has 6 heteroatoms. The van der Waals surface area contributed by atoms with Crippen LogP contribution < -0.4 is 11.1 Å². The van der Waals surface area contributed by atoms with Crippen LogP contribution in [0.5, 0.6) is 0 Å². The van der Waals surface area contributed by atoms with Crippen LogP contribution in [0.1, 0.15) is 13.8 Å².